The fourth-order valence-electron chi connectivity index (χ4n) is 0.565. The molecule has 0 saturated carbocycles. The molecule has 52 valence electrons. The molecule has 0 bridgehead atoms. The Balaban J connectivity index is 2.97. The molecule has 0 fully saturated rings. The van der Waals surface area contributed by atoms with Gasteiger partial charge in [-0.2, -0.15) is 0 Å². The Morgan fingerprint density at radius 3 is 2.67 bits per heavy atom. The minimum atomic E-state index is -0.538. The fourth-order valence-corrected chi connectivity index (χ4v) is 0.565. The number of hydrogen-bond donors (Lipinski definition) is 0. The van der Waals surface area contributed by atoms with Crippen LogP contribution in [0.15, 0.2) is 0 Å². The summed E-state index contributed by atoms with van der Waals surface area (Å²) in [5, 5.41) is 0. The van der Waals surface area contributed by atoms with E-state index in [2.05, 4.69) is 4.84 Å². The highest BCUT2D eigenvalue weighted by molar-refractivity contribution is 5.68. The second-order valence-corrected chi connectivity index (χ2v) is 1.92. The zero-order valence-electron chi connectivity index (χ0n) is 5.59. The van der Waals surface area contributed by atoms with Crippen LogP contribution < -0.4 is 5.90 Å². The molecular formula is C6H11NO2. The molecule has 0 unspecified atom stereocenters. The maximum absolute atomic E-state index is 10.2. The van der Waals surface area contributed by atoms with E-state index in [0.29, 0.717) is 6.42 Å². The molecule has 0 aliphatic heterocycles. The van der Waals surface area contributed by atoms with Gasteiger partial charge in [-0.3, -0.25) is 4.79 Å². The minimum absolute atomic E-state index is 0.324. The predicted molar refractivity (Wildman–Crippen MR) is 32.4 cm³/mol. The maximum atomic E-state index is 10.2. The van der Waals surface area contributed by atoms with Gasteiger partial charge in [0.05, 0.1) is 0 Å². The van der Waals surface area contributed by atoms with Crippen molar-refractivity contribution in [1.29, 1.82) is 0 Å². The second kappa shape index (κ2) is 5.56. The largest absolute Gasteiger partial charge is 0.329 e. The first-order valence-electron chi connectivity index (χ1n) is 3.15. The quantitative estimate of drug-likeness (QED) is 0.421. The first kappa shape index (κ1) is 8.43. The Morgan fingerprint density at radius 2 is 2.22 bits per heavy atom. The molecule has 0 amide bonds. The van der Waals surface area contributed by atoms with E-state index < -0.39 is 5.97 Å². The minimum Gasteiger partial charge on any atom is -0.329 e. The monoisotopic (exact) mass is 129 g/mol. The predicted octanol–water partition coefficient (Wildman–Crippen LogP) is 1.09. The van der Waals surface area contributed by atoms with Crippen LogP contribution in [0, 0.1) is 0 Å². The average molecular weight is 129 g/mol. The third kappa shape index (κ3) is 5.30. The number of rotatable bonds is 4. The van der Waals surface area contributed by atoms with E-state index in [1.165, 1.54) is 0 Å². The molecule has 0 heterocycles. The fraction of sp³-hybridized carbons (Fsp3) is 0.833. The van der Waals surface area contributed by atoms with E-state index in [-0.39, 0.29) is 0 Å². The van der Waals surface area contributed by atoms with Crippen LogP contribution in [0.1, 0.15) is 32.6 Å². The highest BCUT2D eigenvalue weighted by Gasteiger charge is 1.98. The van der Waals surface area contributed by atoms with Gasteiger partial charge in [-0.15, -0.1) is 0 Å². The summed E-state index contributed by atoms with van der Waals surface area (Å²) in [6, 6.07) is 0. The summed E-state index contributed by atoms with van der Waals surface area (Å²) in [6.45, 7) is 2.05. The zero-order valence-corrected chi connectivity index (χ0v) is 5.59. The van der Waals surface area contributed by atoms with Crippen molar-refractivity contribution in [2.45, 2.75) is 32.6 Å². The molecule has 0 aromatic heterocycles. The summed E-state index contributed by atoms with van der Waals surface area (Å²) in [6.07, 6.45) is 3.20. The van der Waals surface area contributed by atoms with Crippen LogP contribution in [0.4, 0.5) is 0 Å². The van der Waals surface area contributed by atoms with Gasteiger partial charge in [0, 0.05) is 6.42 Å². The third-order valence-electron chi connectivity index (χ3n) is 1.09. The standard InChI is InChI=1S/C6H11NO2/c1-2-3-4-5-6(8)9-7/h2-5H2,1H3. The Labute approximate surface area is 55.1 Å². The molecule has 0 aliphatic carbocycles. The number of nitrogens with zero attached hydrogens (tertiary/aromatic N) is 1. The van der Waals surface area contributed by atoms with E-state index in [0.717, 1.165) is 19.3 Å². The zero-order chi connectivity index (χ0) is 7.11. The molecule has 0 rings (SSSR count). The summed E-state index contributed by atoms with van der Waals surface area (Å²) in [5.74, 6) is 7.25. The number of carbonyl (C=O) groups excluding carboxylic acids is 1. The number of unbranched alkanes of at least 4 members (excludes halogenated alkanes) is 2. The van der Waals surface area contributed by atoms with Crippen LogP contribution in [0.5, 0.6) is 0 Å². The van der Waals surface area contributed by atoms with Crippen LogP contribution >= 0.6 is 0 Å². The molecular weight excluding hydrogens is 118 g/mol. The summed E-state index contributed by atoms with van der Waals surface area (Å²) < 4.78 is 0. The summed E-state index contributed by atoms with van der Waals surface area (Å²) in [7, 11) is 0. The second-order valence-electron chi connectivity index (χ2n) is 1.92. The van der Waals surface area contributed by atoms with Crippen LogP contribution in [-0.4, -0.2) is 5.97 Å². The van der Waals surface area contributed by atoms with Gasteiger partial charge < -0.3 is 4.84 Å². The van der Waals surface area contributed by atoms with E-state index >= 15 is 0 Å². The topological polar surface area (TPSA) is 48.6 Å². The Hall–Kier alpha value is -0.570. The maximum Gasteiger partial charge on any atom is 0.329 e. The van der Waals surface area contributed by atoms with Crippen LogP contribution in [0.25, 0.3) is 0 Å². The normalized spacial score (nSPS) is 9.11. The third-order valence-corrected chi connectivity index (χ3v) is 1.09. The molecule has 3 heteroatoms. The summed E-state index contributed by atoms with van der Waals surface area (Å²) in [5.41, 5.74) is 0. The van der Waals surface area contributed by atoms with Crippen LogP contribution in [0.3, 0.4) is 0 Å². The van der Waals surface area contributed by atoms with Gasteiger partial charge >= 0.3 is 5.97 Å². The van der Waals surface area contributed by atoms with Crippen molar-refractivity contribution in [1.82, 2.24) is 5.90 Å². The van der Waals surface area contributed by atoms with Gasteiger partial charge in [0.2, 0.25) is 0 Å². The van der Waals surface area contributed by atoms with E-state index in [9.17, 15) is 4.79 Å². The van der Waals surface area contributed by atoms with Crippen molar-refractivity contribution in [2.24, 2.45) is 0 Å². The number of hydrogen-bond acceptors (Lipinski definition) is 2. The van der Waals surface area contributed by atoms with Gasteiger partial charge in [0.15, 0.2) is 0 Å². The van der Waals surface area contributed by atoms with E-state index in [1.807, 2.05) is 6.92 Å². The summed E-state index contributed by atoms with van der Waals surface area (Å²) in [4.78, 5) is 13.7. The van der Waals surface area contributed by atoms with Crippen molar-refractivity contribution in [3.05, 3.63) is 0 Å². The van der Waals surface area contributed by atoms with Gasteiger partial charge in [-0.05, 0) is 6.42 Å². The van der Waals surface area contributed by atoms with Crippen molar-refractivity contribution >= 4 is 5.97 Å². The molecule has 0 aromatic carbocycles. The summed E-state index contributed by atoms with van der Waals surface area (Å²) >= 11 is 0. The number of carbonyl (C=O) groups is 1. The van der Waals surface area contributed by atoms with Crippen LogP contribution in [0.2, 0.25) is 0 Å². The molecule has 2 radical (unpaired) electrons. The molecule has 0 aliphatic rings. The molecule has 3 nitrogen and oxygen atoms in total. The van der Waals surface area contributed by atoms with Crippen molar-refractivity contribution in [3.8, 4) is 0 Å². The van der Waals surface area contributed by atoms with E-state index in [4.69, 9.17) is 5.90 Å². The Morgan fingerprint density at radius 1 is 1.56 bits per heavy atom. The van der Waals surface area contributed by atoms with Gasteiger partial charge in [-0.25, -0.2) is 0 Å². The average Bonchev–Trinajstić information content (AvgIpc) is 1.89. The van der Waals surface area contributed by atoms with Crippen molar-refractivity contribution in [2.75, 3.05) is 0 Å². The van der Waals surface area contributed by atoms with Crippen molar-refractivity contribution < 1.29 is 9.63 Å². The Kier molecular flexibility index (Phi) is 5.21. The van der Waals surface area contributed by atoms with Gasteiger partial charge in [0.25, 0.3) is 0 Å². The molecule has 0 saturated heterocycles. The molecule has 0 spiro atoms. The lowest BCUT2D eigenvalue weighted by Crippen LogP contribution is -2.00. The smallest absolute Gasteiger partial charge is 0.329 e. The van der Waals surface area contributed by atoms with E-state index in [1.54, 1.807) is 0 Å². The Bertz CT molecular complexity index is 83.1. The lowest BCUT2D eigenvalue weighted by atomic mass is 10.2. The first-order chi connectivity index (χ1) is 4.31. The molecule has 0 N–H and O–H groups in total. The lowest BCUT2D eigenvalue weighted by molar-refractivity contribution is -0.145. The highest BCUT2D eigenvalue weighted by atomic mass is 16.7. The lowest BCUT2D eigenvalue weighted by Gasteiger charge is -1.92. The molecule has 0 atom stereocenters. The van der Waals surface area contributed by atoms with Crippen LogP contribution in [-0.2, 0) is 9.63 Å². The highest BCUT2D eigenvalue weighted by Crippen LogP contribution is 1.98. The first-order valence-corrected chi connectivity index (χ1v) is 3.15. The molecule has 0 aromatic rings. The molecule has 9 heavy (non-hydrogen) atoms. The SMILES string of the molecule is CCCCCC(=O)O[N]. The van der Waals surface area contributed by atoms with Gasteiger partial charge in [-0.1, -0.05) is 19.8 Å². The van der Waals surface area contributed by atoms with Gasteiger partial charge in [0.1, 0.15) is 5.90 Å². The van der Waals surface area contributed by atoms with Crippen molar-refractivity contribution in [3.63, 3.8) is 0 Å².